The first-order valence-corrected chi connectivity index (χ1v) is 8.52. The summed E-state index contributed by atoms with van der Waals surface area (Å²) in [5.41, 5.74) is 2.11. The van der Waals surface area contributed by atoms with Crippen molar-refractivity contribution >= 4 is 57.3 Å². The van der Waals surface area contributed by atoms with Gasteiger partial charge in [0.25, 0.3) is 5.91 Å². The molecule has 0 atom stereocenters. The highest BCUT2D eigenvalue weighted by Crippen LogP contribution is 2.26. The number of anilines is 1. The van der Waals surface area contributed by atoms with Crippen LogP contribution in [0, 0.1) is 3.57 Å². The third-order valence-electron chi connectivity index (χ3n) is 2.91. The Bertz CT molecular complexity index is 802. The van der Waals surface area contributed by atoms with Crippen LogP contribution in [0.2, 0.25) is 5.02 Å². The van der Waals surface area contributed by atoms with Crippen LogP contribution in [0.25, 0.3) is 11.3 Å². The number of aromatic nitrogens is 2. The molecule has 1 amide bonds. The van der Waals surface area contributed by atoms with E-state index in [-0.39, 0.29) is 5.91 Å². The highest BCUT2D eigenvalue weighted by atomic mass is 127. The molecule has 3 aromatic rings. The lowest BCUT2D eigenvalue weighted by molar-refractivity contribution is 0.103. The molecule has 0 bridgehead atoms. The number of amides is 1. The second-order valence-electron chi connectivity index (χ2n) is 4.42. The van der Waals surface area contributed by atoms with E-state index < -0.39 is 0 Å². The van der Waals surface area contributed by atoms with Crippen LogP contribution in [-0.2, 0) is 0 Å². The fourth-order valence-corrected chi connectivity index (χ4v) is 2.93. The Kier molecular flexibility index (Phi) is 4.70. The maximum absolute atomic E-state index is 12.4. The number of hydrogen-bond donors (Lipinski definition) is 1. The molecule has 7 heteroatoms. The van der Waals surface area contributed by atoms with Crippen LogP contribution in [0.1, 0.15) is 9.67 Å². The summed E-state index contributed by atoms with van der Waals surface area (Å²) < 4.78 is 5.00. The van der Waals surface area contributed by atoms with Crippen molar-refractivity contribution in [2.75, 3.05) is 5.32 Å². The van der Waals surface area contributed by atoms with Crippen molar-refractivity contribution in [2.45, 2.75) is 0 Å². The van der Waals surface area contributed by atoms with Crippen LogP contribution in [0.4, 0.5) is 5.69 Å². The molecule has 1 heterocycles. The van der Waals surface area contributed by atoms with Crippen molar-refractivity contribution in [2.24, 2.45) is 0 Å². The van der Waals surface area contributed by atoms with E-state index in [9.17, 15) is 4.79 Å². The molecule has 110 valence electrons. The standard InChI is InChI=1S/C15H9ClIN3OS/c16-10-3-1-9(2-4-10)13-14(22-20-19-13)15(21)18-12-7-5-11(17)6-8-12/h1-8H,(H,18,21). The van der Waals surface area contributed by atoms with Gasteiger partial charge in [-0.05, 0) is 70.5 Å². The molecule has 0 aliphatic heterocycles. The van der Waals surface area contributed by atoms with Gasteiger partial charge < -0.3 is 5.32 Å². The molecular weight excluding hydrogens is 433 g/mol. The third-order valence-corrected chi connectivity index (χ3v) is 4.61. The number of benzene rings is 2. The average Bonchev–Trinajstić information content (AvgIpc) is 3.00. The minimum atomic E-state index is -0.221. The quantitative estimate of drug-likeness (QED) is 0.599. The van der Waals surface area contributed by atoms with Gasteiger partial charge in [0, 0.05) is 19.8 Å². The van der Waals surface area contributed by atoms with E-state index in [0.29, 0.717) is 15.6 Å². The predicted molar refractivity (Wildman–Crippen MR) is 97.5 cm³/mol. The fourth-order valence-electron chi connectivity index (χ4n) is 1.86. The second-order valence-corrected chi connectivity index (χ2v) is 6.85. The van der Waals surface area contributed by atoms with E-state index in [0.717, 1.165) is 26.4 Å². The van der Waals surface area contributed by atoms with Crippen LogP contribution in [-0.4, -0.2) is 15.5 Å². The Morgan fingerprint density at radius 1 is 1.09 bits per heavy atom. The topological polar surface area (TPSA) is 54.9 Å². The summed E-state index contributed by atoms with van der Waals surface area (Å²) >= 11 is 9.17. The lowest BCUT2D eigenvalue weighted by Gasteiger charge is -2.05. The monoisotopic (exact) mass is 441 g/mol. The van der Waals surface area contributed by atoms with Gasteiger partial charge in [-0.15, -0.1) is 5.10 Å². The average molecular weight is 442 g/mol. The molecule has 0 spiro atoms. The molecular formula is C15H9ClIN3OS. The molecule has 2 aromatic carbocycles. The minimum absolute atomic E-state index is 0.221. The van der Waals surface area contributed by atoms with Crippen molar-refractivity contribution in [1.82, 2.24) is 9.59 Å². The van der Waals surface area contributed by atoms with E-state index in [1.54, 1.807) is 12.1 Å². The molecule has 1 aromatic heterocycles. The van der Waals surface area contributed by atoms with Gasteiger partial charge in [-0.25, -0.2) is 0 Å². The second kappa shape index (κ2) is 6.72. The minimum Gasteiger partial charge on any atom is -0.321 e. The zero-order valence-corrected chi connectivity index (χ0v) is 14.8. The zero-order chi connectivity index (χ0) is 15.5. The van der Waals surface area contributed by atoms with Crippen molar-refractivity contribution in [1.29, 1.82) is 0 Å². The highest BCUT2D eigenvalue weighted by molar-refractivity contribution is 14.1. The summed E-state index contributed by atoms with van der Waals surface area (Å²) in [5, 5.41) is 7.55. The van der Waals surface area contributed by atoms with Crippen molar-refractivity contribution in [3.05, 3.63) is 62.0 Å². The molecule has 4 nitrogen and oxygen atoms in total. The Morgan fingerprint density at radius 3 is 2.45 bits per heavy atom. The van der Waals surface area contributed by atoms with Crippen LogP contribution in [0.3, 0.4) is 0 Å². The summed E-state index contributed by atoms with van der Waals surface area (Å²) in [6, 6.07) is 14.7. The van der Waals surface area contributed by atoms with Crippen molar-refractivity contribution < 1.29 is 4.79 Å². The Hall–Kier alpha value is -1.51. The number of hydrogen-bond acceptors (Lipinski definition) is 4. The number of carbonyl (C=O) groups is 1. The lowest BCUT2D eigenvalue weighted by Crippen LogP contribution is -2.11. The van der Waals surface area contributed by atoms with Crippen molar-refractivity contribution in [3.8, 4) is 11.3 Å². The van der Waals surface area contributed by atoms with Crippen LogP contribution in [0.5, 0.6) is 0 Å². The largest absolute Gasteiger partial charge is 0.321 e. The molecule has 0 unspecified atom stereocenters. The highest BCUT2D eigenvalue weighted by Gasteiger charge is 2.18. The fraction of sp³-hybridized carbons (Fsp3) is 0. The Balaban J connectivity index is 1.86. The predicted octanol–water partition coefficient (Wildman–Crippen LogP) is 4.72. The normalized spacial score (nSPS) is 10.5. The summed E-state index contributed by atoms with van der Waals surface area (Å²) in [4.78, 5) is 12.9. The molecule has 22 heavy (non-hydrogen) atoms. The van der Waals surface area contributed by atoms with Crippen LogP contribution < -0.4 is 5.32 Å². The third kappa shape index (κ3) is 3.45. The summed E-state index contributed by atoms with van der Waals surface area (Å²) in [7, 11) is 0. The first-order valence-electron chi connectivity index (χ1n) is 6.29. The molecule has 0 radical (unpaired) electrons. The van der Waals surface area contributed by atoms with E-state index >= 15 is 0 Å². The van der Waals surface area contributed by atoms with Gasteiger partial charge in [0.1, 0.15) is 10.6 Å². The van der Waals surface area contributed by atoms with Crippen molar-refractivity contribution in [3.63, 3.8) is 0 Å². The lowest BCUT2D eigenvalue weighted by atomic mass is 10.1. The molecule has 0 saturated heterocycles. The summed E-state index contributed by atoms with van der Waals surface area (Å²) in [5.74, 6) is -0.221. The van der Waals surface area contributed by atoms with Gasteiger partial charge in [0.15, 0.2) is 0 Å². The van der Waals surface area contributed by atoms with Gasteiger partial charge >= 0.3 is 0 Å². The zero-order valence-electron chi connectivity index (χ0n) is 11.1. The number of nitrogens with zero attached hydrogens (tertiary/aromatic N) is 2. The SMILES string of the molecule is O=C(Nc1ccc(I)cc1)c1snnc1-c1ccc(Cl)cc1. The van der Waals surface area contributed by atoms with E-state index in [1.165, 1.54) is 0 Å². The Labute approximate surface area is 149 Å². The van der Waals surface area contributed by atoms with Gasteiger partial charge in [-0.2, -0.15) is 0 Å². The van der Waals surface area contributed by atoms with Gasteiger partial charge in [0.2, 0.25) is 0 Å². The van der Waals surface area contributed by atoms with E-state index in [4.69, 9.17) is 11.6 Å². The van der Waals surface area contributed by atoms with Crippen LogP contribution >= 0.6 is 45.7 Å². The molecule has 0 aliphatic rings. The number of halogens is 2. The van der Waals surface area contributed by atoms with E-state index in [1.807, 2.05) is 36.4 Å². The van der Waals surface area contributed by atoms with Gasteiger partial charge in [0.05, 0.1) is 0 Å². The molecule has 1 N–H and O–H groups in total. The number of rotatable bonds is 3. The first kappa shape index (κ1) is 15.4. The van der Waals surface area contributed by atoms with Gasteiger partial charge in [-0.1, -0.05) is 28.2 Å². The van der Waals surface area contributed by atoms with Gasteiger partial charge in [-0.3, -0.25) is 4.79 Å². The number of nitrogens with one attached hydrogen (secondary N) is 1. The smallest absolute Gasteiger partial charge is 0.269 e. The molecule has 0 saturated carbocycles. The summed E-state index contributed by atoms with van der Waals surface area (Å²) in [6.45, 7) is 0. The van der Waals surface area contributed by atoms with Crippen LogP contribution in [0.15, 0.2) is 48.5 Å². The number of carbonyl (C=O) groups excluding carboxylic acids is 1. The Morgan fingerprint density at radius 2 is 1.77 bits per heavy atom. The maximum atomic E-state index is 12.4. The summed E-state index contributed by atoms with van der Waals surface area (Å²) in [6.07, 6.45) is 0. The van der Waals surface area contributed by atoms with E-state index in [2.05, 4.69) is 37.5 Å². The maximum Gasteiger partial charge on any atom is 0.269 e. The molecule has 3 rings (SSSR count). The first-order chi connectivity index (χ1) is 10.6. The molecule has 0 aliphatic carbocycles. The molecule has 0 fully saturated rings.